The van der Waals surface area contributed by atoms with Crippen molar-refractivity contribution >= 4 is 37.7 Å². The first-order valence-electron chi connectivity index (χ1n) is 18.2. The number of hydrogen-bond acceptors (Lipinski definition) is 3. The monoisotopic (exact) mass is 714 g/mol. The van der Waals surface area contributed by atoms with Gasteiger partial charge in [-0.1, -0.05) is 181 Å². The second kappa shape index (κ2) is 17.4. The van der Waals surface area contributed by atoms with Gasteiger partial charge in [-0.25, -0.2) is 0 Å². The fourth-order valence-corrected chi connectivity index (χ4v) is 7.71. The Morgan fingerprint density at radius 1 is 0.444 bits per heavy atom. The molecule has 0 saturated heterocycles. The molecule has 0 atom stereocenters. The summed E-state index contributed by atoms with van der Waals surface area (Å²) in [4.78, 5) is 0. The topological polar surface area (TPSA) is 49.9 Å². The van der Waals surface area contributed by atoms with E-state index >= 15 is 0 Å². The van der Waals surface area contributed by atoms with E-state index in [1.54, 1.807) is 11.3 Å². The van der Waals surface area contributed by atoms with Crippen LogP contribution in [0, 0.1) is 12.3 Å². The summed E-state index contributed by atoms with van der Waals surface area (Å²) in [6, 6.07) is 69.9. The molecule has 3 heteroatoms. The smallest absolute Gasteiger partial charge is 0.0361 e. The highest BCUT2D eigenvalue weighted by Crippen LogP contribution is 2.38. The standard InChI is InChI=1S/C25H17NS.C19H16.C7H9N/c26-16-21-7-4-8-24-25(21)22-15-20(13-14-23(22)27-24)19-11-9-18(10-12-19)17-5-2-1-3-6-17;1-15-7-5-10-17(13-15)19-12-6-11-18(14-19)16-8-3-2-4-9-16;8-6-7-4-2-1-3-5-7/h1-16,26H;2-14H,1H3;1-5H,6,8H2. The van der Waals surface area contributed by atoms with Gasteiger partial charge in [0.15, 0.2) is 0 Å². The van der Waals surface area contributed by atoms with Crippen LogP contribution >= 0.6 is 11.3 Å². The zero-order valence-corrected chi connectivity index (χ0v) is 31.1. The molecule has 0 radical (unpaired) electrons. The van der Waals surface area contributed by atoms with E-state index in [0.717, 1.165) is 5.56 Å². The first kappa shape index (κ1) is 36.0. The lowest BCUT2D eigenvalue weighted by Crippen LogP contribution is -1.94. The molecule has 9 aromatic rings. The second-order valence-corrected chi connectivity index (χ2v) is 14.2. The highest BCUT2D eigenvalue weighted by Gasteiger charge is 2.10. The van der Waals surface area contributed by atoms with Gasteiger partial charge in [-0.3, -0.25) is 0 Å². The van der Waals surface area contributed by atoms with Gasteiger partial charge in [-0.05, 0) is 81.3 Å². The van der Waals surface area contributed by atoms with Crippen LogP contribution in [0.2, 0.25) is 0 Å². The Balaban J connectivity index is 0.000000144. The molecular weight excluding hydrogens is 673 g/mol. The van der Waals surface area contributed by atoms with E-state index in [4.69, 9.17) is 11.1 Å². The molecular formula is C51H42N2S. The van der Waals surface area contributed by atoms with Crippen molar-refractivity contribution in [2.24, 2.45) is 5.73 Å². The van der Waals surface area contributed by atoms with Gasteiger partial charge in [0.25, 0.3) is 0 Å². The fourth-order valence-electron chi connectivity index (χ4n) is 6.59. The number of fused-ring (bicyclic) bond motifs is 3. The summed E-state index contributed by atoms with van der Waals surface area (Å²) in [5, 5.41) is 10.2. The molecule has 0 aliphatic heterocycles. The van der Waals surface area contributed by atoms with Gasteiger partial charge in [0.05, 0.1) is 0 Å². The highest BCUT2D eigenvalue weighted by molar-refractivity contribution is 7.25. The minimum Gasteiger partial charge on any atom is -0.326 e. The predicted octanol–water partition coefficient (Wildman–Crippen LogP) is 13.9. The largest absolute Gasteiger partial charge is 0.326 e. The van der Waals surface area contributed by atoms with Crippen molar-refractivity contribution in [2.75, 3.05) is 0 Å². The first-order valence-corrected chi connectivity index (χ1v) is 19.0. The maximum Gasteiger partial charge on any atom is 0.0361 e. The van der Waals surface area contributed by atoms with Crippen LogP contribution in [0.1, 0.15) is 16.7 Å². The molecule has 1 aromatic heterocycles. The van der Waals surface area contributed by atoms with Crippen LogP contribution in [0.4, 0.5) is 0 Å². The Kier molecular flexibility index (Phi) is 11.6. The zero-order valence-electron chi connectivity index (χ0n) is 30.3. The van der Waals surface area contributed by atoms with Gasteiger partial charge in [-0.2, -0.15) is 0 Å². The summed E-state index contributed by atoms with van der Waals surface area (Å²) in [6.07, 6.45) is 1.45. The van der Waals surface area contributed by atoms with E-state index in [1.807, 2.05) is 54.6 Å². The third-order valence-electron chi connectivity index (χ3n) is 9.41. The lowest BCUT2D eigenvalue weighted by molar-refractivity contribution is 1.07. The number of hydrogen-bond donors (Lipinski definition) is 2. The number of nitrogens with one attached hydrogen (secondary N) is 1. The SMILES string of the molecule is Cc1cccc(-c2cccc(-c3ccccc3)c2)c1.N=Cc1cccc2sc3ccc(-c4ccc(-c5ccccc5)cc4)cc3c12.NCc1ccccc1. The molecule has 8 aromatic carbocycles. The summed E-state index contributed by atoms with van der Waals surface area (Å²) in [7, 11) is 0. The lowest BCUT2D eigenvalue weighted by atomic mass is 9.98. The number of nitrogens with two attached hydrogens (primary N) is 1. The average molecular weight is 715 g/mol. The van der Waals surface area contributed by atoms with E-state index < -0.39 is 0 Å². The molecule has 0 spiro atoms. The molecule has 0 saturated carbocycles. The molecule has 0 bridgehead atoms. The Bertz CT molecular complexity index is 2590. The van der Waals surface area contributed by atoms with Crippen LogP contribution in [0.15, 0.2) is 200 Å². The van der Waals surface area contributed by atoms with Crippen molar-refractivity contribution in [3.8, 4) is 44.5 Å². The number of rotatable bonds is 6. The summed E-state index contributed by atoms with van der Waals surface area (Å²) in [5.74, 6) is 0. The van der Waals surface area contributed by atoms with Crippen molar-refractivity contribution in [2.45, 2.75) is 13.5 Å². The predicted molar refractivity (Wildman–Crippen MR) is 234 cm³/mol. The molecule has 9 rings (SSSR count). The number of aryl methyl sites for hydroxylation is 1. The molecule has 0 unspecified atom stereocenters. The Morgan fingerprint density at radius 3 is 1.50 bits per heavy atom. The van der Waals surface area contributed by atoms with Crippen molar-refractivity contribution in [3.63, 3.8) is 0 Å². The molecule has 3 N–H and O–H groups in total. The van der Waals surface area contributed by atoms with Crippen LogP contribution in [-0.4, -0.2) is 6.21 Å². The molecule has 0 fully saturated rings. The van der Waals surface area contributed by atoms with Crippen molar-refractivity contribution < 1.29 is 0 Å². The van der Waals surface area contributed by atoms with E-state index in [-0.39, 0.29) is 0 Å². The van der Waals surface area contributed by atoms with Gasteiger partial charge in [-0.15, -0.1) is 11.3 Å². The Labute approximate surface area is 322 Å². The first-order chi connectivity index (χ1) is 26.6. The van der Waals surface area contributed by atoms with Crippen molar-refractivity contribution in [1.82, 2.24) is 0 Å². The molecule has 54 heavy (non-hydrogen) atoms. The van der Waals surface area contributed by atoms with Gasteiger partial charge in [0, 0.05) is 38.5 Å². The van der Waals surface area contributed by atoms with E-state index in [2.05, 4.69) is 153 Å². The van der Waals surface area contributed by atoms with Crippen LogP contribution in [-0.2, 0) is 6.54 Å². The third-order valence-corrected chi connectivity index (χ3v) is 10.5. The van der Waals surface area contributed by atoms with Crippen molar-refractivity contribution in [3.05, 3.63) is 217 Å². The van der Waals surface area contributed by atoms with Crippen LogP contribution in [0.3, 0.4) is 0 Å². The zero-order chi connectivity index (χ0) is 37.1. The van der Waals surface area contributed by atoms with Crippen molar-refractivity contribution in [1.29, 1.82) is 5.41 Å². The summed E-state index contributed by atoms with van der Waals surface area (Å²) in [6.45, 7) is 2.77. The maximum absolute atomic E-state index is 7.74. The van der Waals surface area contributed by atoms with Gasteiger partial charge in [0.2, 0.25) is 0 Å². The minimum atomic E-state index is 0.640. The molecule has 2 nitrogen and oxygen atoms in total. The second-order valence-electron chi connectivity index (χ2n) is 13.1. The van der Waals surface area contributed by atoms with Gasteiger partial charge >= 0.3 is 0 Å². The maximum atomic E-state index is 7.74. The molecule has 0 aliphatic carbocycles. The number of thiophene rings is 1. The summed E-state index contributed by atoms with van der Waals surface area (Å²) >= 11 is 1.79. The van der Waals surface area contributed by atoms with E-state index in [0.29, 0.717) is 6.54 Å². The van der Waals surface area contributed by atoms with Crippen LogP contribution in [0.5, 0.6) is 0 Å². The normalized spacial score (nSPS) is 10.6. The Hall–Kier alpha value is -6.39. The minimum absolute atomic E-state index is 0.640. The summed E-state index contributed by atoms with van der Waals surface area (Å²) < 4.78 is 2.51. The summed E-state index contributed by atoms with van der Waals surface area (Å²) in [5.41, 5.74) is 18.8. The molecule has 0 aliphatic rings. The van der Waals surface area contributed by atoms with E-state index in [9.17, 15) is 0 Å². The van der Waals surface area contributed by atoms with Crippen LogP contribution in [0.25, 0.3) is 64.7 Å². The van der Waals surface area contributed by atoms with Gasteiger partial charge < -0.3 is 11.1 Å². The van der Waals surface area contributed by atoms with Crippen LogP contribution < -0.4 is 5.73 Å². The third kappa shape index (κ3) is 8.62. The number of benzene rings is 8. The van der Waals surface area contributed by atoms with E-state index in [1.165, 1.54) is 82.0 Å². The molecule has 1 heterocycles. The van der Waals surface area contributed by atoms with Gasteiger partial charge in [0.1, 0.15) is 0 Å². The highest BCUT2D eigenvalue weighted by atomic mass is 32.1. The lowest BCUT2D eigenvalue weighted by Gasteiger charge is -2.06. The molecule has 0 amide bonds. The quantitative estimate of drug-likeness (QED) is 0.166. The average Bonchev–Trinajstić information content (AvgIpc) is 3.64. The Morgan fingerprint density at radius 2 is 0.907 bits per heavy atom. The molecule has 262 valence electrons. The fraction of sp³-hybridized carbons (Fsp3) is 0.0392.